The van der Waals surface area contributed by atoms with Crippen molar-refractivity contribution < 1.29 is 14.3 Å². The molecule has 1 N–H and O–H groups in total. The van der Waals surface area contributed by atoms with Gasteiger partial charge in [0.25, 0.3) is 0 Å². The number of aliphatic carboxylic acids is 1. The summed E-state index contributed by atoms with van der Waals surface area (Å²) in [7, 11) is 0. The zero-order valence-corrected chi connectivity index (χ0v) is 13.9. The fourth-order valence-electron chi connectivity index (χ4n) is 2.82. The molecule has 4 heteroatoms. The number of halogens is 1. The molecule has 1 aromatic heterocycles. The molecular formula is C18H17BrO3. The van der Waals surface area contributed by atoms with Crippen molar-refractivity contribution in [3.8, 4) is 0 Å². The average Bonchev–Trinajstić information content (AvgIpc) is 2.85. The van der Waals surface area contributed by atoms with Crippen LogP contribution in [0.15, 0.2) is 45.3 Å². The van der Waals surface area contributed by atoms with Gasteiger partial charge in [0.2, 0.25) is 0 Å². The summed E-state index contributed by atoms with van der Waals surface area (Å²) < 4.78 is 6.80. The third kappa shape index (κ3) is 2.75. The van der Waals surface area contributed by atoms with Crippen LogP contribution in [0.25, 0.3) is 21.9 Å². The summed E-state index contributed by atoms with van der Waals surface area (Å²) in [5.74, 6) is -1.22. The highest BCUT2D eigenvalue weighted by molar-refractivity contribution is 9.10. The van der Waals surface area contributed by atoms with Crippen molar-refractivity contribution in [2.24, 2.45) is 0 Å². The van der Waals surface area contributed by atoms with E-state index in [0.29, 0.717) is 6.42 Å². The summed E-state index contributed by atoms with van der Waals surface area (Å²) in [5.41, 5.74) is 2.45. The Bertz CT molecular complexity index is 835. The van der Waals surface area contributed by atoms with E-state index < -0.39 is 11.9 Å². The van der Waals surface area contributed by atoms with Crippen LogP contribution >= 0.6 is 15.9 Å². The lowest BCUT2D eigenvalue weighted by molar-refractivity contribution is -0.139. The molecule has 0 saturated carbocycles. The summed E-state index contributed by atoms with van der Waals surface area (Å²) in [4.78, 5) is 11.6. The fraction of sp³-hybridized carbons (Fsp3) is 0.278. The molecule has 114 valence electrons. The maximum atomic E-state index is 11.6. The lowest BCUT2D eigenvalue weighted by atomic mass is 9.92. The molecule has 1 atom stereocenters. The number of carboxylic acid groups (broad SMARTS) is 1. The van der Waals surface area contributed by atoms with Crippen LogP contribution in [0.3, 0.4) is 0 Å². The molecule has 3 aromatic rings. The number of rotatable bonds is 5. The van der Waals surface area contributed by atoms with Crippen LogP contribution in [0.5, 0.6) is 0 Å². The van der Waals surface area contributed by atoms with Crippen molar-refractivity contribution in [3.63, 3.8) is 0 Å². The molecule has 0 spiro atoms. The quantitative estimate of drug-likeness (QED) is 0.634. The van der Waals surface area contributed by atoms with Crippen LogP contribution in [0.1, 0.15) is 37.7 Å². The minimum atomic E-state index is -0.762. The van der Waals surface area contributed by atoms with E-state index in [1.54, 1.807) is 0 Å². The molecule has 0 bridgehead atoms. The van der Waals surface area contributed by atoms with Gasteiger partial charge in [-0.3, -0.25) is 4.79 Å². The zero-order valence-electron chi connectivity index (χ0n) is 12.3. The monoisotopic (exact) mass is 360 g/mol. The van der Waals surface area contributed by atoms with Gasteiger partial charge in [-0.1, -0.05) is 41.8 Å². The Kier molecular flexibility index (Phi) is 4.21. The van der Waals surface area contributed by atoms with Crippen molar-refractivity contribution in [2.45, 2.75) is 32.1 Å². The van der Waals surface area contributed by atoms with Gasteiger partial charge >= 0.3 is 5.97 Å². The molecule has 0 aliphatic rings. The third-order valence-electron chi connectivity index (χ3n) is 4.00. The molecule has 3 rings (SSSR count). The van der Waals surface area contributed by atoms with Gasteiger partial charge in [-0.2, -0.15) is 0 Å². The molecule has 2 aromatic carbocycles. The van der Waals surface area contributed by atoms with Gasteiger partial charge in [0.15, 0.2) is 0 Å². The van der Waals surface area contributed by atoms with Crippen molar-refractivity contribution in [3.05, 3.63) is 46.4 Å². The minimum absolute atomic E-state index is 0.457. The van der Waals surface area contributed by atoms with Crippen molar-refractivity contribution in [1.29, 1.82) is 0 Å². The highest BCUT2D eigenvalue weighted by Gasteiger charge is 2.20. The maximum absolute atomic E-state index is 11.6. The van der Waals surface area contributed by atoms with E-state index in [9.17, 15) is 9.90 Å². The number of benzene rings is 2. The van der Waals surface area contributed by atoms with Crippen LogP contribution in [0.4, 0.5) is 0 Å². The van der Waals surface area contributed by atoms with E-state index in [4.69, 9.17) is 4.42 Å². The second kappa shape index (κ2) is 6.13. The van der Waals surface area contributed by atoms with Gasteiger partial charge in [-0.15, -0.1) is 0 Å². The van der Waals surface area contributed by atoms with Crippen LogP contribution in [-0.2, 0) is 4.79 Å². The predicted molar refractivity (Wildman–Crippen MR) is 91.3 cm³/mol. The first-order chi connectivity index (χ1) is 10.6. The molecule has 3 nitrogen and oxygen atoms in total. The molecule has 22 heavy (non-hydrogen) atoms. The Hall–Kier alpha value is -1.81. The van der Waals surface area contributed by atoms with E-state index in [2.05, 4.69) is 22.9 Å². The Balaban J connectivity index is 2.12. The van der Waals surface area contributed by atoms with E-state index in [1.807, 2.05) is 36.4 Å². The molecule has 0 aliphatic heterocycles. The Labute approximate surface area is 137 Å². The summed E-state index contributed by atoms with van der Waals surface area (Å²) in [6.45, 7) is 2.07. The van der Waals surface area contributed by atoms with Crippen LogP contribution < -0.4 is 0 Å². The summed E-state index contributed by atoms with van der Waals surface area (Å²) >= 11 is 3.47. The standard InChI is InChI=1S/C18H17BrO3/c1-2-3-4-13(18(20)21)11-5-7-16-14(9-11)15-10-12(19)6-8-17(15)22-16/h5-10,13H,2-4H2,1H3,(H,20,21). The van der Waals surface area contributed by atoms with Gasteiger partial charge in [-0.25, -0.2) is 0 Å². The van der Waals surface area contributed by atoms with Crippen molar-refractivity contribution in [1.82, 2.24) is 0 Å². The number of furan rings is 1. The van der Waals surface area contributed by atoms with E-state index in [-0.39, 0.29) is 0 Å². The van der Waals surface area contributed by atoms with Gasteiger partial charge in [0.1, 0.15) is 11.2 Å². The molecule has 0 aliphatic carbocycles. The number of carbonyl (C=O) groups is 1. The highest BCUT2D eigenvalue weighted by atomic mass is 79.9. The van der Waals surface area contributed by atoms with Gasteiger partial charge < -0.3 is 9.52 Å². The van der Waals surface area contributed by atoms with Gasteiger partial charge in [0, 0.05) is 15.2 Å². The first kappa shape index (κ1) is 15.1. The fourth-order valence-corrected chi connectivity index (χ4v) is 3.19. The van der Waals surface area contributed by atoms with E-state index in [1.165, 1.54) is 0 Å². The first-order valence-corrected chi connectivity index (χ1v) is 8.24. The molecule has 1 heterocycles. The summed E-state index contributed by atoms with van der Waals surface area (Å²) in [6, 6.07) is 11.6. The summed E-state index contributed by atoms with van der Waals surface area (Å²) in [6.07, 6.45) is 2.57. The average molecular weight is 361 g/mol. The third-order valence-corrected chi connectivity index (χ3v) is 4.50. The van der Waals surface area contributed by atoms with Crippen LogP contribution in [-0.4, -0.2) is 11.1 Å². The molecule has 0 radical (unpaired) electrons. The highest BCUT2D eigenvalue weighted by Crippen LogP contribution is 2.34. The number of unbranched alkanes of at least 4 members (excludes halogenated alkanes) is 1. The van der Waals surface area contributed by atoms with Crippen molar-refractivity contribution in [2.75, 3.05) is 0 Å². The van der Waals surface area contributed by atoms with Crippen molar-refractivity contribution >= 4 is 43.8 Å². The largest absolute Gasteiger partial charge is 0.481 e. The van der Waals surface area contributed by atoms with Crippen LogP contribution in [0.2, 0.25) is 0 Å². The van der Waals surface area contributed by atoms with Crippen LogP contribution in [0, 0.1) is 0 Å². The Morgan fingerprint density at radius 2 is 1.86 bits per heavy atom. The van der Waals surface area contributed by atoms with E-state index >= 15 is 0 Å². The SMILES string of the molecule is CCCCC(C(=O)O)c1ccc2oc3ccc(Br)cc3c2c1. The lowest BCUT2D eigenvalue weighted by Crippen LogP contribution is -2.11. The number of fused-ring (bicyclic) bond motifs is 3. The number of hydrogen-bond donors (Lipinski definition) is 1. The topological polar surface area (TPSA) is 50.4 Å². The maximum Gasteiger partial charge on any atom is 0.310 e. The summed E-state index contributed by atoms with van der Waals surface area (Å²) in [5, 5.41) is 11.5. The number of carboxylic acids is 1. The van der Waals surface area contributed by atoms with Gasteiger partial charge in [0.05, 0.1) is 5.92 Å². The first-order valence-electron chi connectivity index (χ1n) is 7.44. The molecule has 0 amide bonds. The van der Waals surface area contributed by atoms with E-state index in [0.717, 1.165) is 44.8 Å². The smallest absolute Gasteiger partial charge is 0.310 e. The lowest BCUT2D eigenvalue weighted by Gasteiger charge is -2.12. The number of hydrogen-bond acceptors (Lipinski definition) is 2. The Morgan fingerprint density at radius 3 is 2.55 bits per heavy atom. The molecular weight excluding hydrogens is 344 g/mol. The van der Waals surface area contributed by atoms with Gasteiger partial charge in [-0.05, 0) is 42.3 Å². The second-order valence-corrected chi connectivity index (χ2v) is 6.45. The molecule has 0 saturated heterocycles. The second-order valence-electron chi connectivity index (χ2n) is 5.53. The zero-order chi connectivity index (χ0) is 15.7. The Morgan fingerprint density at radius 1 is 1.18 bits per heavy atom. The molecule has 1 unspecified atom stereocenters. The predicted octanol–water partition coefficient (Wildman–Crippen LogP) is 5.71. The molecule has 0 fully saturated rings. The normalized spacial score (nSPS) is 12.8. The minimum Gasteiger partial charge on any atom is -0.481 e.